The Labute approximate surface area is 229 Å². The van der Waals surface area contributed by atoms with Crippen LogP contribution in [-0.4, -0.2) is 45.5 Å². The lowest BCUT2D eigenvalue weighted by molar-refractivity contribution is -0.146. The standard InChI is InChI=1S/C26H28N5O8P/c1-17(25(33)36-15-18-8-4-2-5-9-18)30-40(35,39-19-10-6-3-7-11-19)37-16-21-23(32)20(14-27)24(38-21)31-13-12-22(28)29-26(31)34/h2-13,17,20-21,23-24,32H,15-16H2,1H3,(H,30,35)(H2,28,29,34)/t17-,20-,21+,23-,24+,40?/m0/s1. The zero-order chi connectivity index (χ0) is 28.7. The number of esters is 1. The van der Waals surface area contributed by atoms with Crippen molar-refractivity contribution >= 4 is 19.5 Å². The molecule has 0 spiro atoms. The average Bonchev–Trinajstić information content (AvgIpc) is 3.26. The van der Waals surface area contributed by atoms with E-state index in [0.29, 0.717) is 0 Å². The summed E-state index contributed by atoms with van der Waals surface area (Å²) in [5, 5.41) is 22.9. The van der Waals surface area contributed by atoms with Crippen LogP contribution in [0.3, 0.4) is 0 Å². The SMILES string of the molecule is C[C@H](NP(=O)(OC[C@H]1O[C@@H](n2ccc(N)nc2=O)[C@@H](C#N)[C@@H]1O)Oc1ccccc1)C(=O)OCc1ccccc1. The van der Waals surface area contributed by atoms with Gasteiger partial charge < -0.3 is 24.8 Å². The van der Waals surface area contributed by atoms with E-state index in [1.165, 1.54) is 19.2 Å². The summed E-state index contributed by atoms with van der Waals surface area (Å²) in [4.78, 5) is 28.6. The first-order valence-electron chi connectivity index (χ1n) is 12.2. The van der Waals surface area contributed by atoms with Gasteiger partial charge in [0.1, 0.15) is 42.3 Å². The molecule has 4 rings (SSSR count). The number of nitrogens with one attached hydrogen (secondary N) is 1. The largest absolute Gasteiger partial charge is 0.460 e. The molecule has 4 N–H and O–H groups in total. The van der Waals surface area contributed by atoms with Crippen molar-refractivity contribution in [3.05, 3.63) is 89.0 Å². The summed E-state index contributed by atoms with van der Waals surface area (Å²) < 4.78 is 37.1. The monoisotopic (exact) mass is 569 g/mol. The Bertz CT molecular complexity index is 1450. The van der Waals surface area contributed by atoms with E-state index in [0.717, 1.165) is 10.1 Å². The van der Waals surface area contributed by atoms with Crippen LogP contribution < -0.4 is 21.0 Å². The van der Waals surface area contributed by atoms with Crippen LogP contribution in [0.4, 0.5) is 5.82 Å². The van der Waals surface area contributed by atoms with E-state index in [1.54, 1.807) is 42.5 Å². The maximum absolute atomic E-state index is 13.8. The third-order valence-electron chi connectivity index (χ3n) is 5.95. The van der Waals surface area contributed by atoms with Gasteiger partial charge in [-0.15, -0.1) is 0 Å². The fraction of sp³-hybridized carbons (Fsp3) is 0.308. The van der Waals surface area contributed by atoms with E-state index in [2.05, 4.69) is 10.1 Å². The fourth-order valence-corrected chi connectivity index (χ4v) is 5.41. The van der Waals surface area contributed by atoms with Gasteiger partial charge in [-0.2, -0.15) is 15.3 Å². The normalized spacial score (nSPS) is 22.5. The summed E-state index contributed by atoms with van der Waals surface area (Å²) in [5.41, 5.74) is 5.53. The van der Waals surface area contributed by atoms with Crippen molar-refractivity contribution in [2.45, 2.75) is 38.0 Å². The summed E-state index contributed by atoms with van der Waals surface area (Å²) >= 11 is 0. The highest BCUT2D eigenvalue weighted by Crippen LogP contribution is 2.46. The second kappa shape index (κ2) is 12.9. The van der Waals surface area contributed by atoms with E-state index in [1.807, 2.05) is 24.3 Å². The highest BCUT2D eigenvalue weighted by atomic mass is 31.2. The molecule has 1 aromatic heterocycles. The van der Waals surface area contributed by atoms with Gasteiger partial charge in [0, 0.05) is 6.20 Å². The number of hydrogen-bond donors (Lipinski definition) is 3. The van der Waals surface area contributed by atoms with Crippen molar-refractivity contribution in [2.75, 3.05) is 12.3 Å². The van der Waals surface area contributed by atoms with E-state index in [-0.39, 0.29) is 18.2 Å². The molecule has 0 bridgehead atoms. The molecule has 1 unspecified atom stereocenters. The molecule has 2 heterocycles. The number of carbonyl (C=O) groups excluding carboxylic acids is 1. The maximum atomic E-state index is 13.8. The second-order valence-electron chi connectivity index (χ2n) is 8.89. The van der Waals surface area contributed by atoms with Crippen molar-refractivity contribution in [3.8, 4) is 11.8 Å². The predicted octanol–water partition coefficient (Wildman–Crippen LogP) is 2.15. The molecule has 1 aliphatic rings. The molecule has 210 valence electrons. The molecule has 14 heteroatoms. The number of aliphatic hydroxyl groups excluding tert-OH is 1. The second-order valence-corrected chi connectivity index (χ2v) is 10.6. The lowest BCUT2D eigenvalue weighted by atomic mass is 10.0. The number of carbonyl (C=O) groups is 1. The van der Waals surface area contributed by atoms with E-state index < -0.39 is 56.4 Å². The lowest BCUT2D eigenvalue weighted by Gasteiger charge is -2.24. The Morgan fingerprint density at radius 2 is 1.90 bits per heavy atom. The van der Waals surface area contributed by atoms with E-state index in [9.17, 15) is 24.5 Å². The molecule has 13 nitrogen and oxygen atoms in total. The van der Waals surface area contributed by atoms with Gasteiger partial charge in [0.15, 0.2) is 6.23 Å². The molecule has 0 amide bonds. The fourth-order valence-electron chi connectivity index (χ4n) is 3.91. The number of aromatic nitrogens is 2. The highest BCUT2D eigenvalue weighted by Gasteiger charge is 2.47. The van der Waals surface area contributed by atoms with Gasteiger partial charge in [0.2, 0.25) is 0 Å². The maximum Gasteiger partial charge on any atom is 0.459 e. The van der Waals surface area contributed by atoms with Crippen molar-refractivity contribution in [2.24, 2.45) is 5.92 Å². The molecule has 1 aliphatic heterocycles. The quantitative estimate of drug-likeness (QED) is 0.226. The van der Waals surface area contributed by atoms with Crippen molar-refractivity contribution in [1.29, 1.82) is 5.26 Å². The summed E-state index contributed by atoms with van der Waals surface area (Å²) in [7, 11) is -4.28. The van der Waals surface area contributed by atoms with Crippen LogP contribution in [0.5, 0.6) is 5.75 Å². The third-order valence-corrected chi connectivity index (χ3v) is 7.60. The zero-order valence-corrected chi connectivity index (χ0v) is 22.3. The molecule has 2 aromatic carbocycles. The number of rotatable bonds is 11. The molecule has 6 atom stereocenters. The Kier molecular flexibility index (Phi) is 9.31. The highest BCUT2D eigenvalue weighted by molar-refractivity contribution is 7.52. The summed E-state index contributed by atoms with van der Waals surface area (Å²) in [5.74, 6) is -1.72. The Balaban J connectivity index is 1.47. The Morgan fingerprint density at radius 1 is 1.23 bits per heavy atom. The van der Waals surface area contributed by atoms with Crippen molar-refractivity contribution < 1.29 is 33.0 Å². The van der Waals surface area contributed by atoms with Gasteiger partial charge in [0.25, 0.3) is 0 Å². The van der Waals surface area contributed by atoms with Crippen LogP contribution >= 0.6 is 7.75 Å². The molecular formula is C26H28N5O8P. The van der Waals surface area contributed by atoms with Crippen LogP contribution in [-0.2, 0) is 30.0 Å². The smallest absolute Gasteiger partial charge is 0.459 e. The number of nitrogen functional groups attached to an aromatic ring is 1. The molecule has 0 radical (unpaired) electrons. The lowest BCUT2D eigenvalue weighted by Crippen LogP contribution is -2.36. The van der Waals surface area contributed by atoms with Gasteiger partial charge in [-0.25, -0.2) is 9.36 Å². The first-order valence-corrected chi connectivity index (χ1v) is 13.8. The number of hydrogen-bond acceptors (Lipinski definition) is 11. The number of nitrogens with two attached hydrogens (primary N) is 1. The van der Waals surface area contributed by atoms with Crippen molar-refractivity contribution in [3.63, 3.8) is 0 Å². The van der Waals surface area contributed by atoms with Gasteiger partial charge in [0.05, 0.1) is 12.7 Å². The van der Waals surface area contributed by atoms with Gasteiger partial charge in [-0.05, 0) is 30.7 Å². The van der Waals surface area contributed by atoms with Crippen LogP contribution in [0, 0.1) is 17.2 Å². The molecular weight excluding hydrogens is 541 g/mol. The number of benzene rings is 2. The van der Waals surface area contributed by atoms with Gasteiger partial charge >= 0.3 is 19.4 Å². The molecule has 1 saturated heterocycles. The van der Waals surface area contributed by atoms with Gasteiger partial charge in [-0.3, -0.25) is 13.9 Å². The minimum Gasteiger partial charge on any atom is -0.460 e. The Morgan fingerprint density at radius 3 is 2.55 bits per heavy atom. The first kappa shape index (κ1) is 28.9. The number of aliphatic hydroxyl groups is 1. The molecule has 40 heavy (non-hydrogen) atoms. The van der Waals surface area contributed by atoms with Crippen LogP contribution in [0.1, 0.15) is 18.7 Å². The number of nitrogens with zero attached hydrogens (tertiary/aromatic N) is 3. The average molecular weight is 570 g/mol. The number of para-hydroxylation sites is 1. The van der Waals surface area contributed by atoms with Crippen LogP contribution in [0.15, 0.2) is 77.7 Å². The summed E-state index contributed by atoms with van der Waals surface area (Å²) in [6.45, 7) is 0.922. The first-order chi connectivity index (χ1) is 19.2. The third kappa shape index (κ3) is 7.12. The molecule has 0 aliphatic carbocycles. The summed E-state index contributed by atoms with van der Waals surface area (Å²) in [6.07, 6.45) is -2.51. The minimum absolute atomic E-state index is 0.00873. The number of anilines is 1. The Hall–Kier alpha value is -4.05. The van der Waals surface area contributed by atoms with Crippen LogP contribution in [0.25, 0.3) is 0 Å². The van der Waals surface area contributed by atoms with Crippen LogP contribution in [0.2, 0.25) is 0 Å². The molecule has 3 aromatic rings. The van der Waals surface area contributed by atoms with E-state index in [4.69, 9.17) is 24.3 Å². The molecule has 0 saturated carbocycles. The minimum atomic E-state index is -4.28. The number of nitriles is 1. The zero-order valence-electron chi connectivity index (χ0n) is 21.4. The molecule has 1 fully saturated rings. The summed E-state index contributed by atoms with van der Waals surface area (Å²) in [6, 6.07) is 19.3. The predicted molar refractivity (Wildman–Crippen MR) is 141 cm³/mol. The number of ether oxygens (including phenoxy) is 2. The topological polar surface area (TPSA) is 188 Å². The van der Waals surface area contributed by atoms with E-state index >= 15 is 0 Å². The van der Waals surface area contributed by atoms with Crippen molar-refractivity contribution in [1.82, 2.24) is 14.6 Å². The van der Waals surface area contributed by atoms with Gasteiger partial charge in [-0.1, -0.05) is 48.5 Å².